The summed E-state index contributed by atoms with van der Waals surface area (Å²) in [5, 5.41) is 0.0522. The van der Waals surface area contributed by atoms with Crippen molar-refractivity contribution >= 4 is 28.2 Å². The zero-order valence-corrected chi connectivity index (χ0v) is 8.65. The van der Waals surface area contributed by atoms with Crippen molar-refractivity contribution in [2.75, 3.05) is 5.73 Å². The molecule has 2 rings (SSSR count). The fourth-order valence-electron chi connectivity index (χ4n) is 1.44. The molecule has 0 amide bonds. The fourth-order valence-corrected chi connectivity index (χ4v) is 1.59. The summed E-state index contributed by atoms with van der Waals surface area (Å²) in [4.78, 5) is 14.5. The normalized spacial score (nSPS) is 10.9. The van der Waals surface area contributed by atoms with Gasteiger partial charge in [0, 0.05) is 11.8 Å². The minimum Gasteiger partial charge on any atom is -0.396 e. The molecule has 15 heavy (non-hydrogen) atoms. The summed E-state index contributed by atoms with van der Waals surface area (Å²) in [6, 6.07) is 1.10. The molecule has 3 N–H and O–H groups in total. The van der Waals surface area contributed by atoms with Crippen molar-refractivity contribution in [3.05, 3.63) is 38.9 Å². The number of nitrogen functional groups attached to an aromatic ring is 1. The van der Waals surface area contributed by atoms with E-state index in [4.69, 9.17) is 17.3 Å². The first kappa shape index (κ1) is 9.98. The molecule has 0 saturated carbocycles. The van der Waals surface area contributed by atoms with Gasteiger partial charge >= 0.3 is 0 Å². The summed E-state index contributed by atoms with van der Waals surface area (Å²) in [6.07, 6.45) is 1.52. The highest BCUT2D eigenvalue weighted by Crippen LogP contribution is 2.28. The standard InChI is InChI=1S/C10H8ClFN2O/c1-4-3-14-9-5(10(4)15)2-6(12)7(11)8(9)13/h2-3H,13H2,1H3,(H,14,15). The van der Waals surface area contributed by atoms with Crippen LogP contribution in [0.5, 0.6) is 0 Å². The zero-order valence-electron chi connectivity index (χ0n) is 7.90. The maximum absolute atomic E-state index is 13.3. The Morgan fingerprint density at radius 1 is 1.53 bits per heavy atom. The maximum atomic E-state index is 13.3. The van der Waals surface area contributed by atoms with E-state index in [1.54, 1.807) is 6.92 Å². The minimum absolute atomic E-state index is 0.0590. The van der Waals surface area contributed by atoms with E-state index in [9.17, 15) is 9.18 Å². The number of pyridine rings is 1. The summed E-state index contributed by atoms with van der Waals surface area (Å²) >= 11 is 5.63. The molecular formula is C10H8ClFN2O. The van der Waals surface area contributed by atoms with E-state index in [-0.39, 0.29) is 21.5 Å². The van der Waals surface area contributed by atoms with E-state index in [1.165, 1.54) is 6.20 Å². The van der Waals surface area contributed by atoms with E-state index >= 15 is 0 Å². The topological polar surface area (TPSA) is 58.9 Å². The van der Waals surface area contributed by atoms with Gasteiger partial charge in [0.2, 0.25) is 0 Å². The van der Waals surface area contributed by atoms with Crippen LogP contribution in [0.25, 0.3) is 10.9 Å². The molecule has 0 aliphatic rings. The predicted molar refractivity (Wildman–Crippen MR) is 58.7 cm³/mol. The summed E-state index contributed by atoms with van der Waals surface area (Å²) < 4.78 is 13.3. The Morgan fingerprint density at radius 3 is 2.87 bits per heavy atom. The van der Waals surface area contributed by atoms with E-state index in [1.807, 2.05) is 0 Å². The van der Waals surface area contributed by atoms with Crippen LogP contribution in [0.15, 0.2) is 17.1 Å². The van der Waals surface area contributed by atoms with E-state index in [0.29, 0.717) is 11.1 Å². The second-order valence-electron chi connectivity index (χ2n) is 3.31. The number of aromatic nitrogens is 1. The first-order valence-electron chi connectivity index (χ1n) is 4.28. The number of anilines is 1. The van der Waals surface area contributed by atoms with Gasteiger partial charge in [0.15, 0.2) is 5.43 Å². The van der Waals surface area contributed by atoms with Gasteiger partial charge in [0.25, 0.3) is 0 Å². The number of hydrogen-bond donors (Lipinski definition) is 2. The predicted octanol–water partition coefficient (Wildman–Crippen LogP) is 2.21. The number of fused-ring (bicyclic) bond motifs is 1. The molecule has 0 aliphatic heterocycles. The molecule has 0 spiro atoms. The van der Waals surface area contributed by atoms with Gasteiger partial charge in [-0.2, -0.15) is 0 Å². The van der Waals surface area contributed by atoms with Crippen LogP contribution in [0.4, 0.5) is 10.1 Å². The Labute approximate surface area is 89.7 Å². The van der Waals surface area contributed by atoms with Crippen molar-refractivity contribution in [3.63, 3.8) is 0 Å². The highest BCUT2D eigenvalue weighted by atomic mass is 35.5. The van der Waals surface area contributed by atoms with Gasteiger partial charge in [-0.05, 0) is 13.0 Å². The third-order valence-corrected chi connectivity index (χ3v) is 2.68. The minimum atomic E-state index is -0.683. The molecule has 1 aromatic carbocycles. The Kier molecular flexibility index (Phi) is 2.16. The molecule has 78 valence electrons. The highest BCUT2D eigenvalue weighted by molar-refractivity contribution is 6.34. The number of nitrogens with two attached hydrogens (primary N) is 1. The quantitative estimate of drug-likeness (QED) is 0.677. The lowest BCUT2D eigenvalue weighted by Crippen LogP contribution is -2.08. The SMILES string of the molecule is Cc1c[nH]c2c(N)c(Cl)c(F)cc2c1=O. The van der Waals surface area contributed by atoms with Crippen LogP contribution < -0.4 is 11.2 Å². The molecule has 1 heterocycles. The molecule has 2 aromatic rings. The van der Waals surface area contributed by atoms with Crippen LogP contribution in [0.3, 0.4) is 0 Å². The van der Waals surface area contributed by atoms with Gasteiger partial charge < -0.3 is 10.7 Å². The molecule has 0 saturated heterocycles. The smallest absolute Gasteiger partial charge is 0.192 e. The molecule has 5 heteroatoms. The molecule has 0 aliphatic carbocycles. The fraction of sp³-hybridized carbons (Fsp3) is 0.100. The number of aromatic amines is 1. The zero-order chi connectivity index (χ0) is 11.2. The van der Waals surface area contributed by atoms with Crippen molar-refractivity contribution in [2.45, 2.75) is 6.92 Å². The number of hydrogen-bond acceptors (Lipinski definition) is 2. The van der Waals surface area contributed by atoms with Crippen LogP contribution in [0.1, 0.15) is 5.56 Å². The van der Waals surface area contributed by atoms with Crippen molar-refractivity contribution in [3.8, 4) is 0 Å². The molecule has 0 bridgehead atoms. The Morgan fingerprint density at radius 2 is 2.20 bits per heavy atom. The number of rotatable bonds is 0. The van der Waals surface area contributed by atoms with Crippen molar-refractivity contribution < 1.29 is 4.39 Å². The lowest BCUT2D eigenvalue weighted by atomic mass is 10.1. The lowest BCUT2D eigenvalue weighted by Gasteiger charge is -2.05. The Hall–Kier alpha value is -1.55. The van der Waals surface area contributed by atoms with Crippen LogP contribution in [0, 0.1) is 12.7 Å². The number of H-pyrrole nitrogens is 1. The third kappa shape index (κ3) is 1.37. The van der Waals surface area contributed by atoms with Gasteiger partial charge in [-0.3, -0.25) is 4.79 Å². The molecule has 0 unspecified atom stereocenters. The molecular weight excluding hydrogens is 219 g/mol. The first-order valence-corrected chi connectivity index (χ1v) is 4.65. The van der Waals surface area contributed by atoms with E-state index in [2.05, 4.69) is 4.98 Å². The number of aryl methyl sites for hydroxylation is 1. The molecule has 3 nitrogen and oxygen atoms in total. The number of benzene rings is 1. The van der Waals surface area contributed by atoms with Crippen molar-refractivity contribution in [1.82, 2.24) is 4.98 Å². The van der Waals surface area contributed by atoms with E-state index < -0.39 is 5.82 Å². The van der Waals surface area contributed by atoms with Crippen LogP contribution in [0.2, 0.25) is 5.02 Å². The third-order valence-electron chi connectivity index (χ3n) is 2.29. The average Bonchev–Trinajstić information content (AvgIpc) is 2.21. The summed E-state index contributed by atoms with van der Waals surface area (Å²) in [5.41, 5.74) is 6.29. The number of nitrogens with one attached hydrogen (secondary N) is 1. The van der Waals surface area contributed by atoms with Crippen molar-refractivity contribution in [1.29, 1.82) is 0 Å². The molecule has 1 aromatic heterocycles. The Bertz CT molecular complexity index is 606. The summed E-state index contributed by atoms with van der Waals surface area (Å²) in [7, 11) is 0. The second-order valence-corrected chi connectivity index (χ2v) is 3.69. The largest absolute Gasteiger partial charge is 0.396 e. The first-order chi connectivity index (χ1) is 7.02. The van der Waals surface area contributed by atoms with Crippen molar-refractivity contribution in [2.24, 2.45) is 0 Å². The second kappa shape index (κ2) is 3.24. The monoisotopic (exact) mass is 226 g/mol. The van der Waals surface area contributed by atoms with Gasteiger partial charge in [0.1, 0.15) is 10.8 Å². The summed E-state index contributed by atoms with van der Waals surface area (Å²) in [6.45, 7) is 1.64. The molecule has 0 atom stereocenters. The average molecular weight is 227 g/mol. The molecule has 0 fully saturated rings. The van der Waals surface area contributed by atoms with Gasteiger partial charge in [-0.25, -0.2) is 4.39 Å². The van der Waals surface area contributed by atoms with Gasteiger partial charge in [-0.15, -0.1) is 0 Å². The number of halogens is 2. The lowest BCUT2D eigenvalue weighted by molar-refractivity contribution is 0.630. The Balaban J connectivity index is 3.05. The van der Waals surface area contributed by atoms with Gasteiger partial charge in [-0.1, -0.05) is 11.6 Å². The van der Waals surface area contributed by atoms with Crippen LogP contribution >= 0.6 is 11.6 Å². The maximum Gasteiger partial charge on any atom is 0.192 e. The van der Waals surface area contributed by atoms with E-state index in [0.717, 1.165) is 6.07 Å². The van der Waals surface area contributed by atoms with Crippen LogP contribution in [-0.2, 0) is 0 Å². The molecule has 0 radical (unpaired) electrons. The van der Waals surface area contributed by atoms with Crippen LogP contribution in [-0.4, -0.2) is 4.98 Å². The summed E-state index contributed by atoms with van der Waals surface area (Å²) in [5.74, 6) is -0.683. The van der Waals surface area contributed by atoms with Gasteiger partial charge in [0.05, 0.1) is 16.6 Å². The highest BCUT2D eigenvalue weighted by Gasteiger charge is 2.12.